The predicted octanol–water partition coefficient (Wildman–Crippen LogP) is 4.49. The molecule has 0 aliphatic carbocycles. The van der Waals surface area contributed by atoms with Gasteiger partial charge in [0, 0.05) is 23.2 Å². The Balaban J connectivity index is 1.85. The van der Waals surface area contributed by atoms with Gasteiger partial charge in [-0.1, -0.05) is 38.1 Å². The summed E-state index contributed by atoms with van der Waals surface area (Å²) in [6.07, 6.45) is 0. The minimum absolute atomic E-state index is 0.522. The van der Waals surface area contributed by atoms with Crippen molar-refractivity contribution in [2.24, 2.45) is 0 Å². The summed E-state index contributed by atoms with van der Waals surface area (Å²) < 4.78 is 5.17. The van der Waals surface area contributed by atoms with Crippen molar-refractivity contribution in [1.29, 1.82) is 0 Å². The van der Waals surface area contributed by atoms with Gasteiger partial charge in [0.05, 0.1) is 7.11 Å². The number of rotatable bonds is 7. The number of ether oxygens (including phenoxy) is 1. The van der Waals surface area contributed by atoms with Gasteiger partial charge in [0.1, 0.15) is 5.75 Å². The first-order valence-corrected chi connectivity index (χ1v) is 8.24. The molecule has 2 aromatic carbocycles. The Bertz CT molecular complexity index is 534. The zero-order chi connectivity index (χ0) is 15.1. The molecule has 0 saturated heterocycles. The van der Waals surface area contributed by atoms with Crippen LogP contribution in [0, 0.1) is 0 Å². The van der Waals surface area contributed by atoms with E-state index in [0.717, 1.165) is 18.0 Å². The Labute approximate surface area is 131 Å². The molecule has 21 heavy (non-hydrogen) atoms. The van der Waals surface area contributed by atoms with E-state index in [2.05, 4.69) is 55.6 Å². The van der Waals surface area contributed by atoms with Gasteiger partial charge >= 0.3 is 0 Å². The van der Waals surface area contributed by atoms with Crippen molar-refractivity contribution in [3.8, 4) is 5.75 Å². The first kappa shape index (κ1) is 15.9. The maximum absolute atomic E-state index is 5.17. The summed E-state index contributed by atoms with van der Waals surface area (Å²) in [5, 5.41) is 3.43. The molecule has 2 aromatic rings. The second kappa shape index (κ2) is 8.11. The number of nitrogens with one attached hydrogen (secondary N) is 1. The van der Waals surface area contributed by atoms with Gasteiger partial charge in [-0.15, -0.1) is 11.8 Å². The van der Waals surface area contributed by atoms with Gasteiger partial charge in [0.2, 0.25) is 0 Å². The van der Waals surface area contributed by atoms with Crippen LogP contribution in [-0.2, 0) is 12.3 Å². The molecule has 0 heterocycles. The summed E-state index contributed by atoms with van der Waals surface area (Å²) in [6, 6.07) is 17.6. The standard InChI is InChI=1S/C18H23NOS/c1-14(2)19-12-15-6-10-18(11-7-15)21-13-16-4-8-17(20-3)9-5-16/h4-11,14,19H,12-13H2,1-3H3. The highest BCUT2D eigenvalue weighted by Gasteiger charge is 1.99. The normalized spacial score (nSPS) is 10.9. The summed E-state index contributed by atoms with van der Waals surface area (Å²) >= 11 is 1.86. The van der Waals surface area contributed by atoms with E-state index in [4.69, 9.17) is 4.74 Å². The lowest BCUT2D eigenvalue weighted by atomic mass is 10.2. The largest absolute Gasteiger partial charge is 0.497 e. The zero-order valence-corrected chi connectivity index (χ0v) is 13.7. The molecule has 1 N–H and O–H groups in total. The predicted molar refractivity (Wildman–Crippen MR) is 91.0 cm³/mol. The van der Waals surface area contributed by atoms with Crippen LogP contribution in [0.25, 0.3) is 0 Å². The van der Waals surface area contributed by atoms with Crippen molar-refractivity contribution in [3.05, 3.63) is 59.7 Å². The Hall–Kier alpha value is -1.45. The van der Waals surface area contributed by atoms with Crippen molar-refractivity contribution in [1.82, 2.24) is 5.32 Å². The van der Waals surface area contributed by atoms with Crippen molar-refractivity contribution in [3.63, 3.8) is 0 Å². The van der Waals surface area contributed by atoms with Crippen LogP contribution >= 0.6 is 11.8 Å². The van der Waals surface area contributed by atoms with E-state index in [1.54, 1.807) is 7.11 Å². The average molecular weight is 301 g/mol. The maximum Gasteiger partial charge on any atom is 0.118 e. The SMILES string of the molecule is COc1ccc(CSc2ccc(CNC(C)C)cc2)cc1. The second-order valence-corrected chi connectivity index (χ2v) is 6.37. The van der Waals surface area contributed by atoms with Gasteiger partial charge in [0.25, 0.3) is 0 Å². The molecule has 0 bridgehead atoms. The zero-order valence-electron chi connectivity index (χ0n) is 12.9. The van der Waals surface area contributed by atoms with Gasteiger partial charge in [-0.2, -0.15) is 0 Å². The van der Waals surface area contributed by atoms with Crippen LogP contribution in [0.4, 0.5) is 0 Å². The van der Waals surface area contributed by atoms with Crippen LogP contribution in [0.2, 0.25) is 0 Å². The van der Waals surface area contributed by atoms with E-state index in [0.29, 0.717) is 6.04 Å². The molecular formula is C18H23NOS. The molecule has 0 aliphatic heterocycles. The van der Waals surface area contributed by atoms with E-state index in [9.17, 15) is 0 Å². The molecule has 3 heteroatoms. The fourth-order valence-electron chi connectivity index (χ4n) is 1.91. The number of thioether (sulfide) groups is 1. The summed E-state index contributed by atoms with van der Waals surface area (Å²) in [4.78, 5) is 1.30. The minimum Gasteiger partial charge on any atom is -0.497 e. The van der Waals surface area contributed by atoms with Crippen LogP contribution in [0.3, 0.4) is 0 Å². The smallest absolute Gasteiger partial charge is 0.118 e. The molecule has 0 radical (unpaired) electrons. The molecule has 0 unspecified atom stereocenters. The molecule has 0 atom stereocenters. The fraction of sp³-hybridized carbons (Fsp3) is 0.333. The molecule has 0 amide bonds. The second-order valence-electron chi connectivity index (χ2n) is 5.32. The number of hydrogen-bond donors (Lipinski definition) is 1. The fourth-order valence-corrected chi connectivity index (χ4v) is 2.77. The van der Waals surface area contributed by atoms with Crippen molar-refractivity contribution in [2.45, 2.75) is 37.1 Å². The number of methoxy groups -OCH3 is 1. The Kier molecular flexibility index (Phi) is 6.15. The van der Waals surface area contributed by atoms with Gasteiger partial charge in [0.15, 0.2) is 0 Å². The van der Waals surface area contributed by atoms with Crippen LogP contribution in [-0.4, -0.2) is 13.2 Å². The van der Waals surface area contributed by atoms with Crippen LogP contribution in [0.1, 0.15) is 25.0 Å². The average Bonchev–Trinajstić information content (AvgIpc) is 2.52. The topological polar surface area (TPSA) is 21.3 Å². The summed E-state index contributed by atoms with van der Waals surface area (Å²) in [5.41, 5.74) is 2.64. The highest BCUT2D eigenvalue weighted by molar-refractivity contribution is 7.98. The van der Waals surface area contributed by atoms with E-state index in [1.165, 1.54) is 16.0 Å². The third-order valence-electron chi connectivity index (χ3n) is 3.20. The van der Waals surface area contributed by atoms with E-state index < -0.39 is 0 Å². The molecule has 0 aliphatic rings. The van der Waals surface area contributed by atoms with Gasteiger partial charge in [-0.05, 0) is 35.4 Å². The monoisotopic (exact) mass is 301 g/mol. The molecule has 112 valence electrons. The van der Waals surface area contributed by atoms with Crippen LogP contribution in [0.5, 0.6) is 5.75 Å². The lowest BCUT2D eigenvalue weighted by Gasteiger charge is -2.09. The lowest BCUT2D eigenvalue weighted by molar-refractivity contribution is 0.414. The molecule has 0 spiro atoms. The number of benzene rings is 2. The Morgan fingerprint density at radius 2 is 1.57 bits per heavy atom. The third kappa shape index (κ3) is 5.44. The molecule has 2 rings (SSSR count). The minimum atomic E-state index is 0.522. The van der Waals surface area contributed by atoms with E-state index in [1.807, 2.05) is 23.9 Å². The Morgan fingerprint density at radius 1 is 0.952 bits per heavy atom. The highest BCUT2D eigenvalue weighted by Crippen LogP contribution is 2.24. The van der Waals surface area contributed by atoms with Crippen molar-refractivity contribution < 1.29 is 4.74 Å². The maximum atomic E-state index is 5.17. The molecule has 0 aromatic heterocycles. The van der Waals surface area contributed by atoms with Crippen molar-refractivity contribution in [2.75, 3.05) is 7.11 Å². The molecule has 2 nitrogen and oxygen atoms in total. The first-order chi connectivity index (χ1) is 10.2. The van der Waals surface area contributed by atoms with E-state index >= 15 is 0 Å². The third-order valence-corrected chi connectivity index (χ3v) is 4.29. The lowest BCUT2D eigenvalue weighted by Crippen LogP contribution is -2.21. The summed E-state index contributed by atoms with van der Waals surface area (Å²) in [6.45, 7) is 5.26. The quantitative estimate of drug-likeness (QED) is 0.762. The van der Waals surface area contributed by atoms with Crippen LogP contribution < -0.4 is 10.1 Å². The van der Waals surface area contributed by atoms with Gasteiger partial charge < -0.3 is 10.1 Å². The van der Waals surface area contributed by atoms with Gasteiger partial charge in [-0.3, -0.25) is 0 Å². The molecule has 0 saturated carbocycles. The van der Waals surface area contributed by atoms with Crippen molar-refractivity contribution >= 4 is 11.8 Å². The molecular weight excluding hydrogens is 278 g/mol. The highest BCUT2D eigenvalue weighted by atomic mass is 32.2. The van der Waals surface area contributed by atoms with E-state index in [-0.39, 0.29) is 0 Å². The number of hydrogen-bond acceptors (Lipinski definition) is 3. The Morgan fingerprint density at radius 3 is 2.14 bits per heavy atom. The summed E-state index contributed by atoms with van der Waals surface area (Å²) in [7, 11) is 1.69. The van der Waals surface area contributed by atoms with Gasteiger partial charge in [-0.25, -0.2) is 0 Å². The first-order valence-electron chi connectivity index (χ1n) is 7.25. The molecule has 0 fully saturated rings. The van der Waals surface area contributed by atoms with Crippen LogP contribution in [0.15, 0.2) is 53.4 Å². The summed E-state index contributed by atoms with van der Waals surface area (Å²) in [5.74, 6) is 1.89.